The van der Waals surface area contributed by atoms with E-state index in [2.05, 4.69) is 37.3 Å². The van der Waals surface area contributed by atoms with Gasteiger partial charge in [-0.15, -0.1) is 0 Å². The van der Waals surface area contributed by atoms with Gasteiger partial charge in [0.1, 0.15) is 0 Å². The molecule has 0 atom stereocenters. The van der Waals surface area contributed by atoms with Gasteiger partial charge in [0.15, 0.2) is 6.19 Å². The molecule has 0 amide bonds. The number of anilines is 1. The first-order valence-electron chi connectivity index (χ1n) is 8.18. The Morgan fingerprint density at radius 1 is 1.24 bits per heavy atom. The number of aryl methyl sites for hydroxylation is 2. The van der Waals surface area contributed by atoms with E-state index in [0.29, 0.717) is 12.5 Å². The van der Waals surface area contributed by atoms with Crippen LogP contribution in [-0.2, 0) is 6.54 Å². The van der Waals surface area contributed by atoms with E-state index in [-0.39, 0.29) is 0 Å². The van der Waals surface area contributed by atoms with E-state index in [4.69, 9.17) is 5.26 Å². The highest BCUT2D eigenvalue weighted by Gasteiger charge is 2.01. The van der Waals surface area contributed by atoms with Gasteiger partial charge in [-0.1, -0.05) is 30.3 Å². The first-order valence-corrected chi connectivity index (χ1v) is 8.18. The predicted octanol–water partition coefficient (Wildman–Crippen LogP) is 3.27. The van der Waals surface area contributed by atoms with E-state index < -0.39 is 0 Å². The number of fused-ring (bicyclic) bond motifs is 1. The van der Waals surface area contributed by atoms with E-state index in [1.807, 2.05) is 56.0 Å². The second-order valence-electron chi connectivity index (χ2n) is 5.74. The zero-order valence-electron chi connectivity index (χ0n) is 14.1. The van der Waals surface area contributed by atoms with Gasteiger partial charge < -0.3 is 9.88 Å². The average molecular weight is 332 g/mol. The van der Waals surface area contributed by atoms with Gasteiger partial charge in [-0.25, -0.2) is 4.98 Å². The molecule has 0 unspecified atom stereocenters. The first kappa shape index (κ1) is 16.5. The highest BCUT2D eigenvalue weighted by Crippen LogP contribution is 2.18. The van der Waals surface area contributed by atoms with Crippen LogP contribution in [0.2, 0.25) is 0 Å². The lowest BCUT2D eigenvalue weighted by Crippen LogP contribution is -2.27. The molecule has 0 bridgehead atoms. The lowest BCUT2D eigenvalue weighted by molar-refractivity contribution is 0.636. The molecular weight excluding hydrogens is 312 g/mol. The summed E-state index contributed by atoms with van der Waals surface area (Å²) < 4.78 is 2.09. The third-order valence-corrected chi connectivity index (χ3v) is 3.93. The number of guanidine groups is 1. The molecule has 6 nitrogen and oxygen atoms in total. The van der Waals surface area contributed by atoms with Crippen LogP contribution in [0.5, 0.6) is 0 Å². The Balaban J connectivity index is 1.63. The van der Waals surface area contributed by atoms with Crippen LogP contribution in [0, 0.1) is 18.4 Å². The van der Waals surface area contributed by atoms with Gasteiger partial charge in [-0.05, 0) is 36.2 Å². The molecule has 0 aliphatic heterocycles. The quantitative estimate of drug-likeness (QED) is 0.247. The molecule has 0 saturated carbocycles. The van der Waals surface area contributed by atoms with Crippen LogP contribution >= 0.6 is 0 Å². The number of hydrogen-bond acceptors (Lipinski definition) is 3. The van der Waals surface area contributed by atoms with Gasteiger partial charge in [0.05, 0.1) is 6.33 Å². The van der Waals surface area contributed by atoms with E-state index in [1.165, 1.54) is 5.39 Å². The van der Waals surface area contributed by atoms with Crippen molar-refractivity contribution in [2.75, 3.05) is 11.9 Å². The molecule has 0 saturated heterocycles. The van der Waals surface area contributed by atoms with Gasteiger partial charge in [0.2, 0.25) is 5.96 Å². The molecule has 25 heavy (non-hydrogen) atoms. The van der Waals surface area contributed by atoms with Crippen molar-refractivity contribution >= 4 is 22.4 Å². The molecule has 0 spiro atoms. The summed E-state index contributed by atoms with van der Waals surface area (Å²) in [6, 6.07) is 14.2. The second kappa shape index (κ2) is 7.97. The van der Waals surface area contributed by atoms with Crippen LogP contribution < -0.4 is 10.6 Å². The summed E-state index contributed by atoms with van der Waals surface area (Å²) in [6.07, 6.45) is 6.46. The highest BCUT2D eigenvalue weighted by molar-refractivity contribution is 5.97. The lowest BCUT2D eigenvalue weighted by Gasteiger charge is -2.09. The summed E-state index contributed by atoms with van der Waals surface area (Å²) in [5.41, 5.74) is 2.03. The van der Waals surface area contributed by atoms with Crippen molar-refractivity contribution in [2.24, 2.45) is 4.99 Å². The van der Waals surface area contributed by atoms with Crippen molar-refractivity contribution in [3.8, 4) is 6.19 Å². The van der Waals surface area contributed by atoms with E-state index in [1.54, 1.807) is 0 Å². The Morgan fingerprint density at radius 3 is 2.84 bits per heavy atom. The number of aromatic nitrogens is 2. The molecular formula is C19H20N6. The predicted molar refractivity (Wildman–Crippen MR) is 100 cm³/mol. The molecule has 1 heterocycles. The monoisotopic (exact) mass is 332 g/mol. The number of nitrogens with zero attached hydrogens (tertiary/aromatic N) is 4. The topological polar surface area (TPSA) is 78.0 Å². The maximum atomic E-state index is 8.94. The van der Waals surface area contributed by atoms with Gasteiger partial charge in [-0.3, -0.25) is 10.3 Å². The molecule has 0 radical (unpaired) electrons. The summed E-state index contributed by atoms with van der Waals surface area (Å²) in [4.78, 5) is 8.56. The van der Waals surface area contributed by atoms with Crippen LogP contribution in [0.4, 0.5) is 5.69 Å². The van der Waals surface area contributed by atoms with Crippen molar-refractivity contribution in [3.05, 3.63) is 60.7 Å². The van der Waals surface area contributed by atoms with Gasteiger partial charge >= 0.3 is 0 Å². The minimum atomic E-state index is 0.458. The smallest absolute Gasteiger partial charge is 0.209 e. The number of rotatable bonds is 5. The van der Waals surface area contributed by atoms with Gasteiger partial charge in [0, 0.05) is 30.7 Å². The number of hydrogen-bond donors (Lipinski definition) is 2. The van der Waals surface area contributed by atoms with Crippen molar-refractivity contribution in [3.63, 3.8) is 0 Å². The molecule has 0 aliphatic rings. The van der Waals surface area contributed by atoms with E-state index in [0.717, 1.165) is 29.7 Å². The minimum absolute atomic E-state index is 0.458. The molecule has 2 aromatic carbocycles. The second-order valence-corrected chi connectivity index (χ2v) is 5.74. The fourth-order valence-corrected chi connectivity index (χ4v) is 2.62. The lowest BCUT2D eigenvalue weighted by atomic mass is 10.1. The van der Waals surface area contributed by atoms with Crippen LogP contribution in [-0.4, -0.2) is 22.1 Å². The number of aliphatic imine (C=N–C) groups is 1. The summed E-state index contributed by atoms with van der Waals surface area (Å²) in [5.74, 6) is 0.458. The summed E-state index contributed by atoms with van der Waals surface area (Å²) in [5, 5.41) is 17.0. The maximum Gasteiger partial charge on any atom is 0.209 e. The average Bonchev–Trinajstić information content (AvgIpc) is 3.03. The van der Waals surface area contributed by atoms with Crippen molar-refractivity contribution in [1.29, 1.82) is 5.26 Å². The molecule has 0 fully saturated rings. The number of imidazole rings is 1. The normalized spacial score (nSPS) is 11.3. The Bertz CT molecular complexity index is 919. The van der Waals surface area contributed by atoms with Gasteiger partial charge in [-0.2, -0.15) is 5.26 Å². The third kappa shape index (κ3) is 4.36. The first-order chi connectivity index (χ1) is 12.3. The van der Waals surface area contributed by atoms with Crippen molar-refractivity contribution < 1.29 is 0 Å². The zero-order valence-corrected chi connectivity index (χ0v) is 14.1. The Kier molecular flexibility index (Phi) is 5.27. The largest absolute Gasteiger partial charge is 0.335 e. The third-order valence-electron chi connectivity index (χ3n) is 3.93. The summed E-state index contributed by atoms with van der Waals surface area (Å²) in [7, 11) is 0. The van der Waals surface area contributed by atoms with Crippen LogP contribution in [0.25, 0.3) is 10.8 Å². The fraction of sp³-hybridized carbons (Fsp3) is 0.211. The Labute approximate surface area is 146 Å². The maximum absolute atomic E-state index is 8.94. The summed E-state index contributed by atoms with van der Waals surface area (Å²) >= 11 is 0. The Hall–Kier alpha value is -3.33. The molecule has 6 heteroatoms. The van der Waals surface area contributed by atoms with Crippen molar-refractivity contribution in [1.82, 2.24) is 14.9 Å². The molecule has 3 aromatic rings. The molecule has 126 valence electrons. The van der Waals surface area contributed by atoms with E-state index in [9.17, 15) is 0 Å². The minimum Gasteiger partial charge on any atom is -0.335 e. The van der Waals surface area contributed by atoms with E-state index >= 15 is 0 Å². The number of nitriles is 1. The molecule has 0 aliphatic carbocycles. The van der Waals surface area contributed by atoms with Gasteiger partial charge in [0.25, 0.3) is 0 Å². The highest BCUT2D eigenvalue weighted by atomic mass is 15.2. The summed E-state index contributed by atoms with van der Waals surface area (Å²) in [6.45, 7) is 3.49. The number of benzene rings is 2. The fourth-order valence-electron chi connectivity index (χ4n) is 2.62. The zero-order chi connectivity index (χ0) is 17.5. The molecule has 2 N–H and O–H groups in total. The van der Waals surface area contributed by atoms with Crippen LogP contribution in [0.3, 0.4) is 0 Å². The number of nitrogens with one attached hydrogen (secondary N) is 2. The van der Waals surface area contributed by atoms with Crippen molar-refractivity contribution in [2.45, 2.75) is 19.9 Å². The van der Waals surface area contributed by atoms with Crippen LogP contribution in [0.15, 0.2) is 60.0 Å². The SMILES string of the molecule is Cc1cncn1CCCN=C(NC#N)Nc1ccc2ccccc2c1. The molecule has 3 rings (SSSR count). The van der Waals surface area contributed by atoms with Crippen LogP contribution in [0.1, 0.15) is 12.1 Å². The Morgan fingerprint density at radius 2 is 2.08 bits per heavy atom. The standard InChI is InChI=1S/C19H20N6/c1-15-12-21-14-25(15)10-4-9-22-19(23-13-20)24-18-8-7-16-5-2-3-6-17(16)11-18/h2-3,5-8,11-12,14H,4,9-10H2,1H3,(H2,22,23,24). The molecule has 1 aromatic heterocycles.